The predicted molar refractivity (Wildman–Crippen MR) is 99.0 cm³/mol. The van der Waals surface area contributed by atoms with Crippen molar-refractivity contribution in [2.45, 2.75) is 32.1 Å². The maximum atomic E-state index is 12.1. The first kappa shape index (κ1) is 19.2. The number of nitrogens with zero attached hydrogens (tertiary/aromatic N) is 2. The molecule has 134 valence electrons. The molecular weight excluding hydrogens is 322 g/mol. The Morgan fingerprint density at radius 3 is 2.88 bits per heavy atom. The van der Waals surface area contributed by atoms with Gasteiger partial charge in [-0.25, -0.2) is 0 Å². The third-order valence-electron chi connectivity index (χ3n) is 4.07. The van der Waals surface area contributed by atoms with Crippen LogP contribution in [0.4, 0.5) is 0 Å². The molecule has 1 amide bonds. The van der Waals surface area contributed by atoms with Crippen LogP contribution in [0.2, 0.25) is 0 Å². The van der Waals surface area contributed by atoms with Crippen molar-refractivity contribution in [1.82, 2.24) is 15.2 Å². The number of pyridine rings is 1. The Hall–Kier alpha value is -1.11. The third-order valence-corrected chi connectivity index (χ3v) is 5.07. The summed E-state index contributed by atoms with van der Waals surface area (Å²) in [5, 5.41) is 3.11. The molecular formula is C18H29N3O2S. The average molecular weight is 352 g/mol. The van der Waals surface area contributed by atoms with Crippen LogP contribution < -0.4 is 5.32 Å². The summed E-state index contributed by atoms with van der Waals surface area (Å²) in [6.45, 7) is 8.71. The van der Waals surface area contributed by atoms with E-state index in [-0.39, 0.29) is 5.91 Å². The Kier molecular flexibility index (Phi) is 8.56. The fourth-order valence-corrected chi connectivity index (χ4v) is 3.67. The standard InChI is InChI=1S/C18H29N3O2S/c1-15(2)10-17(21-6-8-23-9-7-21)12-20-18(22)14-24-13-16-4-3-5-19-11-16/h3-5,11,15,17H,6-10,12-14H2,1-2H3,(H,20,22). The number of hydrogen-bond acceptors (Lipinski definition) is 5. The fourth-order valence-electron chi connectivity index (χ4n) is 2.88. The van der Waals surface area contributed by atoms with Gasteiger partial charge in [0.2, 0.25) is 5.91 Å². The van der Waals surface area contributed by atoms with Gasteiger partial charge in [0.25, 0.3) is 0 Å². The number of nitrogens with one attached hydrogen (secondary N) is 1. The molecule has 0 spiro atoms. The smallest absolute Gasteiger partial charge is 0.230 e. The second-order valence-corrected chi connectivity index (χ2v) is 7.58. The molecule has 1 atom stereocenters. The molecule has 5 nitrogen and oxygen atoms in total. The average Bonchev–Trinajstić information content (AvgIpc) is 2.60. The zero-order valence-corrected chi connectivity index (χ0v) is 15.6. The summed E-state index contributed by atoms with van der Waals surface area (Å²) in [6.07, 6.45) is 4.71. The maximum absolute atomic E-state index is 12.1. The molecule has 0 bridgehead atoms. The van der Waals surface area contributed by atoms with Crippen molar-refractivity contribution in [2.75, 3.05) is 38.6 Å². The number of hydrogen-bond donors (Lipinski definition) is 1. The van der Waals surface area contributed by atoms with E-state index in [0.717, 1.165) is 50.6 Å². The minimum absolute atomic E-state index is 0.117. The van der Waals surface area contributed by atoms with E-state index in [9.17, 15) is 4.79 Å². The second kappa shape index (κ2) is 10.7. The first-order valence-electron chi connectivity index (χ1n) is 8.70. The number of aromatic nitrogens is 1. The number of thioether (sulfide) groups is 1. The highest BCUT2D eigenvalue weighted by Gasteiger charge is 2.22. The van der Waals surface area contributed by atoms with Crippen LogP contribution in [0.25, 0.3) is 0 Å². The largest absolute Gasteiger partial charge is 0.379 e. The molecule has 2 heterocycles. The van der Waals surface area contributed by atoms with E-state index >= 15 is 0 Å². The highest BCUT2D eigenvalue weighted by molar-refractivity contribution is 7.99. The number of amides is 1. The topological polar surface area (TPSA) is 54.5 Å². The van der Waals surface area contributed by atoms with Crippen LogP contribution in [-0.2, 0) is 15.3 Å². The van der Waals surface area contributed by atoms with Gasteiger partial charge in [0, 0.05) is 43.8 Å². The van der Waals surface area contributed by atoms with Crippen LogP contribution in [0.5, 0.6) is 0 Å². The van der Waals surface area contributed by atoms with Gasteiger partial charge in [-0.2, -0.15) is 0 Å². The van der Waals surface area contributed by atoms with Gasteiger partial charge in [-0.1, -0.05) is 19.9 Å². The summed E-state index contributed by atoms with van der Waals surface area (Å²) in [4.78, 5) is 18.7. The number of morpholine rings is 1. The van der Waals surface area contributed by atoms with E-state index in [2.05, 4.69) is 29.0 Å². The monoisotopic (exact) mass is 351 g/mol. The lowest BCUT2D eigenvalue weighted by Crippen LogP contribution is -2.49. The third kappa shape index (κ3) is 7.20. The van der Waals surface area contributed by atoms with Gasteiger partial charge in [0.05, 0.1) is 19.0 Å². The molecule has 0 saturated carbocycles. The van der Waals surface area contributed by atoms with Gasteiger partial charge in [-0.05, 0) is 24.0 Å². The Bertz CT molecular complexity index is 478. The zero-order valence-electron chi connectivity index (χ0n) is 14.7. The molecule has 1 unspecified atom stereocenters. The van der Waals surface area contributed by atoms with Crippen LogP contribution in [0.3, 0.4) is 0 Å². The lowest BCUT2D eigenvalue weighted by atomic mass is 10.0. The first-order valence-corrected chi connectivity index (χ1v) is 9.85. The molecule has 1 aliphatic heterocycles. The van der Waals surface area contributed by atoms with E-state index in [0.29, 0.717) is 17.7 Å². The molecule has 1 aromatic rings. The molecule has 0 radical (unpaired) electrons. The van der Waals surface area contributed by atoms with Gasteiger partial charge < -0.3 is 10.1 Å². The number of carbonyl (C=O) groups excluding carboxylic acids is 1. The molecule has 1 aliphatic rings. The maximum Gasteiger partial charge on any atom is 0.230 e. The van der Waals surface area contributed by atoms with Crippen molar-refractivity contribution >= 4 is 17.7 Å². The molecule has 1 aromatic heterocycles. The summed E-state index contributed by atoms with van der Waals surface area (Å²) < 4.78 is 5.44. The van der Waals surface area contributed by atoms with E-state index in [1.165, 1.54) is 0 Å². The predicted octanol–water partition coefficient (Wildman–Crippen LogP) is 2.18. The minimum atomic E-state index is 0.117. The molecule has 24 heavy (non-hydrogen) atoms. The molecule has 0 aromatic carbocycles. The van der Waals surface area contributed by atoms with Crippen molar-refractivity contribution in [3.8, 4) is 0 Å². The van der Waals surface area contributed by atoms with E-state index in [4.69, 9.17) is 4.74 Å². The fraction of sp³-hybridized carbons (Fsp3) is 0.667. The first-order chi connectivity index (χ1) is 11.6. The van der Waals surface area contributed by atoms with Crippen LogP contribution in [-0.4, -0.2) is 60.4 Å². The lowest BCUT2D eigenvalue weighted by molar-refractivity contribution is -0.118. The van der Waals surface area contributed by atoms with Crippen molar-refractivity contribution in [1.29, 1.82) is 0 Å². The Morgan fingerprint density at radius 1 is 1.42 bits per heavy atom. The minimum Gasteiger partial charge on any atom is -0.379 e. The molecule has 2 rings (SSSR count). The SMILES string of the molecule is CC(C)CC(CNC(=O)CSCc1cccnc1)N1CCOCC1. The Labute approximate surface area is 149 Å². The molecule has 6 heteroatoms. The molecule has 1 N–H and O–H groups in total. The summed E-state index contributed by atoms with van der Waals surface area (Å²) in [5.41, 5.74) is 1.15. The van der Waals surface area contributed by atoms with Crippen molar-refractivity contribution < 1.29 is 9.53 Å². The second-order valence-electron chi connectivity index (χ2n) is 6.59. The number of ether oxygens (including phenoxy) is 1. The van der Waals surface area contributed by atoms with Crippen LogP contribution in [0.1, 0.15) is 25.8 Å². The van der Waals surface area contributed by atoms with Gasteiger partial charge in [-0.3, -0.25) is 14.7 Å². The van der Waals surface area contributed by atoms with Crippen LogP contribution in [0, 0.1) is 5.92 Å². The summed E-state index contributed by atoms with van der Waals surface area (Å²) in [7, 11) is 0. The Balaban J connectivity index is 1.70. The van der Waals surface area contributed by atoms with E-state index in [1.54, 1.807) is 18.0 Å². The Morgan fingerprint density at radius 2 is 2.21 bits per heavy atom. The molecule has 1 saturated heterocycles. The van der Waals surface area contributed by atoms with Gasteiger partial charge in [-0.15, -0.1) is 11.8 Å². The summed E-state index contributed by atoms with van der Waals surface area (Å²) >= 11 is 1.63. The summed E-state index contributed by atoms with van der Waals surface area (Å²) in [6, 6.07) is 4.37. The van der Waals surface area contributed by atoms with E-state index in [1.807, 2.05) is 18.3 Å². The molecule has 1 fully saturated rings. The quantitative estimate of drug-likeness (QED) is 0.739. The van der Waals surface area contributed by atoms with E-state index < -0.39 is 0 Å². The highest BCUT2D eigenvalue weighted by atomic mass is 32.2. The molecule has 0 aliphatic carbocycles. The van der Waals surface area contributed by atoms with Gasteiger partial charge in [0.1, 0.15) is 0 Å². The normalized spacial score (nSPS) is 17.0. The van der Waals surface area contributed by atoms with Crippen LogP contribution in [0.15, 0.2) is 24.5 Å². The van der Waals surface area contributed by atoms with Gasteiger partial charge in [0.15, 0.2) is 0 Å². The highest BCUT2D eigenvalue weighted by Crippen LogP contribution is 2.14. The van der Waals surface area contributed by atoms with Crippen molar-refractivity contribution in [3.05, 3.63) is 30.1 Å². The van der Waals surface area contributed by atoms with Crippen molar-refractivity contribution in [2.24, 2.45) is 5.92 Å². The lowest BCUT2D eigenvalue weighted by Gasteiger charge is -2.35. The van der Waals surface area contributed by atoms with Gasteiger partial charge >= 0.3 is 0 Å². The summed E-state index contributed by atoms with van der Waals surface area (Å²) in [5.74, 6) is 2.05. The van der Waals surface area contributed by atoms with Crippen LogP contribution >= 0.6 is 11.8 Å². The number of rotatable bonds is 9. The number of carbonyl (C=O) groups is 1. The zero-order chi connectivity index (χ0) is 17.2. The van der Waals surface area contributed by atoms with Crippen molar-refractivity contribution in [3.63, 3.8) is 0 Å².